The van der Waals surface area contributed by atoms with Crippen molar-refractivity contribution in [3.8, 4) is 0 Å². The van der Waals surface area contributed by atoms with E-state index in [0.29, 0.717) is 0 Å². The van der Waals surface area contributed by atoms with Crippen LogP contribution in [0.4, 0.5) is 0 Å². The van der Waals surface area contributed by atoms with Gasteiger partial charge in [0.25, 0.3) is 0 Å². The number of rotatable bonds is 2. The minimum atomic E-state index is 0.841. The second-order valence-electron chi connectivity index (χ2n) is 5.03. The highest BCUT2D eigenvalue weighted by Crippen LogP contribution is 2.28. The van der Waals surface area contributed by atoms with Crippen LogP contribution in [0.2, 0.25) is 0 Å². The average Bonchev–Trinajstić information content (AvgIpc) is 2.33. The molecule has 70 valence electrons. The Labute approximate surface area is 75.7 Å². The molecule has 0 bridgehead atoms. The van der Waals surface area contributed by atoms with Crippen LogP contribution in [0.3, 0.4) is 0 Å². The SMILES string of the molecule is CC(C)CN1C[N+]2(CCCC2)C1. The van der Waals surface area contributed by atoms with Gasteiger partial charge >= 0.3 is 0 Å². The van der Waals surface area contributed by atoms with Gasteiger partial charge in [-0.3, -0.25) is 4.48 Å². The molecule has 0 radical (unpaired) electrons. The van der Waals surface area contributed by atoms with Gasteiger partial charge in [-0.15, -0.1) is 0 Å². The molecule has 2 aliphatic rings. The van der Waals surface area contributed by atoms with Crippen molar-refractivity contribution in [2.45, 2.75) is 26.7 Å². The summed E-state index contributed by atoms with van der Waals surface area (Å²) < 4.78 is 1.42. The highest BCUT2D eigenvalue weighted by molar-refractivity contribution is 4.65. The van der Waals surface area contributed by atoms with Gasteiger partial charge in [-0.1, -0.05) is 13.8 Å². The first-order valence-electron chi connectivity index (χ1n) is 5.28. The van der Waals surface area contributed by atoms with Crippen LogP contribution in [-0.4, -0.2) is 42.4 Å². The van der Waals surface area contributed by atoms with Crippen LogP contribution < -0.4 is 0 Å². The summed E-state index contributed by atoms with van der Waals surface area (Å²) in [6, 6.07) is 0. The summed E-state index contributed by atoms with van der Waals surface area (Å²) in [7, 11) is 0. The largest absolute Gasteiger partial charge is 0.298 e. The van der Waals surface area contributed by atoms with Gasteiger partial charge in [-0.05, 0) is 5.92 Å². The zero-order chi connectivity index (χ0) is 8.60. The summed E-state index contributed by atoms with van der Waals surface area (Å²) in [6.07, 6.45) is 2.94. The molecule has 2 heterocycles. The smallest absolute Gasteiger partial charge is 0.140 e. The summed E-state index contributed by atoms with van der Waals surface area (Å²) in [5, 5.41) is 0. The average molecular weight is 169 g/mol. The Morgan fingerprint density at radius 2 is 1.75 bits per heavy atom. The summed E-state index contributed by atoms with van der Waals surface area (Å²) in [6.45, 7) is 11.5. The lowest BCUT2D eigenvalue weighted by molar-refractivity contribution is -0.985. The maximum atomic E-state index is 2.61. The Bertz CT molecular complexity index is 151. The lowest BCUT2D eigenvalue weighted by atomic mass is 10.2. The van der Waals surface area contributed by atoms with Gasteiger partial charge < -0.3 is 0 Å². The Balaban J connectivity index is 1.75. The topological polar surface area (TPSA) is 3.24 Å². The first-order valence-corrected chi connectivity index (χ1v) is 5.28. The molecule has 2 saturated heterocycles. The predicted molar refractivity (Wildman–Crippen MR) is 50.5 cm³/mol. The van der Waals surface area contributed by atoms with Crippen LogP contribution in [0.15, 0.2) is 0 Å². The summed E-state index contributed by atoms with van der Waals surface area (Å²) in [5.74, 6) is 0.841. The Morgan fingerprint density at radius 1 is 1.17 bits per heavy atom. The molecule has 0 aliphatic carbocycles. The van der Waals surface area contributed by atoms with Gasteiger partial charge in [0.15, 0.2) is 0 Å². The lowest BCUT2D eigenvalue weighted by Crippen LogP contribution is -2.68. The van der Waals surface area contributed by atoms with Crippen molar-refractivity contribution in [1.82, 2.24) is 4.90 Å². The van der Waals surface area contributed by atoms with Gasteiger partial charge in [0.1, 0.15) is 13.3 Å². The van der Waals surface area contributed by atoms with Crippen LogP contribution in [-0.2, 0) is 0 Å². The second-order valence-corrected chi connectivity index (χ2v) is 5.03. The molecule has 2 heteroatoms. The van der Waals surface area contributed by atoms with Crippen molar-refractivity contribution in [3.63, 3.8) is 0 Å². The Kier molecular flexibility index (Phi) is 2.13. The monoisotopic (exact) mass is 169 g/mol. The molecule has 0 atom stereocenters. The van der Waals surface area contributed by atoms with E-state index in [2.05, 4.69) is 18.7 Å². The van der Waals surface area contributed by atoms with Crippen molar-refractivity contribution in [3.05, 3.63) is 0 Å². The minimum Gasteiger partial charge on any atom is -0.298 e. The highest BCUT2D eigenvalue weighted by atomic mass is 15.6. The van der Waals surface area contributed by atoms with E-state index in [1.54, 1.807) is 0 Å². The Hall–Kier alpha value is -0.0800. The molecule has 0 saturated carbocycles. The first-order chi connectivity index (χ1) is 5.70. The van der Waals surface area contributed by atoms with Gasteiger partial charge in [0.05, 0.1) is 13.1 Å². The maximum Gasteiger partial charge on any atom is 0.140 e. The third kappa shape index (κ3) is 1.50. The van der Waals surface area contributed by atoms with E-state index in [-0.39, 0.29) is 0 Å². The Morgan fingerprint density at radius 3 is 2.25 bits per heavy atom. The molecule has 2 nitrogen and oxygen atoms in total. The molecule has 0 amide bonds. The fourth-order valence-corrected chi connectivity index (χ4v) is 2.73. The van der Waals surface area contributed by atoms with Crippen molar-refractivity contribution >= 4 is 0 Å². The minimum absolute atomic E-state index is 0.841. The standard InChI is InChI=1S/C10H21N2/c1-10(2)7-11-8-12(9-11)5-3-4-6-12/h10H,3-9H2,1-2H3/q+1. The zero-order valence-corrected chi connectivity index (χ0v) is 8.42. The summed E-state index contributed by atoms with van der Waals surface area (Å²) in [5.41, 5.74) is 0. The van der Waals surface area contributed by atoms with Gasteiger partial charge in [-0.25, -0.2) is 4.90 Å². The first kappa shape index (κ1) is 8.52. The van der Waals surface area contributed by atoms with E-state index in [1.165, 1.54) is 50.3 Å². The van der Waals surface area contributed by atoms with E-state index in [1.807, 2.05) is 0 Å². The lowest BCUT2D eigenvalue weighted by Gasteiger charge is -2.50. The fraction of sp³-hybridized carbons (Fsp3) is 1.00. The number of hydrogen-bond donors (Lipinski definition) is 0. The van der Waals surface area contributed by atoms with Crippen LogP contribution >= 0.6 is 0 Å². The van der Waals surface area contributed by atoms with Crippen LogP contribution in [0.25, 0.3) is 0 Å². The summed E-state index contributed by atoms with van der Waals surface area (Å²) in [4.78, 5) is 2.61. The molecule has 0 aromatic rings. The molecule has 2 rings (SSSR count). The van der Waals surface area contributed by atoms with Gasteiger partial charge in [0, 0.05) is 19.4 Å². The van der Waals surface area contributed by atoms with Gasteiger partial charge in [0.2, 0.25) is 0 Å². The number of nitrogens with zero attached hydrogens (tertiary/aromatic N) is 2. The molecular weight excluding hydrogens is 148 g/mol. The third-order valence-corrected chi connectivity index (χ3v) is 3.14. The van der Waals surface area contributed by atoms with Crippen molar-refractivity contribution in [1.29, 1.82) is 0 Å². The van der Waals surface area contributed by atoms with E-state index >= 15 is 0 Å². The van der Waals surface area contributed by atoms with Crippen LogP contribution in [0, 0.1) is 5.92 Å². The van der Waals surface area contributed by atoms with Gasteiger partial charge in [-0.2, -0.15) is 0 Å². The predicted octanol–water partition coefficient (Wildman–Crippen LogP) is 1.48. The molecule has 0 N–H and O–H groups in total. The quantitative estimate of drug-likeness (QED) is 0.566. The van der Waals surface area contributed by atoms with Crippen LogP contribution in [0.5, 0.6) is 0 Å². The molecule has 12 heavy (non-hydrogen) atoms. The third-order valence-electron chi connectivity index (χ3n) is 3.14. The number of hydrogen-bond acceptors (Lipinski definition) is 1. The molecule has 1 spiro atoms. The maximum absolute atomic E-state index is 2.61. The van der Waals surface area contributed by atoms with Crippen molar-refractivity contribution < 1.29 is 4.48 Å². The normalized spacial score (nSPS) is 28.2. The van der Waals surface area contributed by atoms with Crippen LogP contribution in [0.1, 0.15) is 26.7 Å². The van der Waals surface area contributed by atoms with E-state index in [9.17, 15) is 0 Å². The van der Waals surface area contributed by atoms with E-state index in [0.717, 1.165) is 5.92 Å². The molecule has 2 aliphatic heterocycles. The van der Waals surface area contributed by atoms with E-state index < -0.39 is 0 Å². The zero-order valence-electron chi connectivity index (χ0n) is 8.42. The highest BCUT2D eigenvalue weighted by Gasteiger charge is 2.43. The van der Waals surface area contributed by atoms with Crippen molar-refractivity contribution in [2.75, 3.05) is 33.0 Å². The number of quaternary nitrogens is 1. The second kappa shape index (κ2) is 3.00. The molecule has 0 aromatic carbocycles. The fourth-order valence-electron chi connectivity index (χ4n) is 2.73. The van der Waals surface area contributed by atoms with Crippen molar-refractivity contribution in [2.24, 2.45) is 5.92 Å². The summed E-state index contributed by atoms with van der Waals surface area (Å²) >= 11 is 0. The molecule has 2 fully saturated rings. The van der Waals surface area contributed by atoms with E-state index in [4.69, 9.17) is 0 Å². The molecule has 0 aromatic heterocycles. The molecule has 0 unspecified atom stereocenters. The molecular formula is C10H21N2+.